The molecule has 0 unspecified atom stereocenters. The van der Waals surface area contributed by atoms with Crippen molar-refractivity contribution in [1.29, 1.82) is 0 Å². The summed E-state index contributed by atoms with van der Waals surface area (Å²) in [6.07, 6.45) is -0.216. The number of hydrogen-bond donors (Lipinski definition) is 0. The number of rotatable bonds is 4. The summed E-state index contributed by atoms with van der Waals surface area (Å²) in [6, 6.07) is 7.16. The predicted octanol–water partition coefficient (Wildman–Crippen LogP) is 2.68. The van der Waals surface area contributed by atoms with E-state index in [4.69, 9.17) is 9.47 Å². The molecule has 0 spiro atoms. The summed E-state index contributed by atoms with van der Waals surface area (Å²) < 4.78 is 10.9. The van der Waals surface area contributed by atoms with E-state index < -0.39 is 23.9 Å². The Morgan fingerprint density at radius 1 is 1.24 bits per heavy atom. The lowest BCUT2D eigenvalue weighted by Gasteiger charge is -2.27. The standard InChI is InChI=1S/C19H19BrO5/c1-8-3-5-10(6-4-8)16(21)9(2)24-18(22)13-11-7-12-14(13)19(23)25-17(12)15(11)20/h3-6,9,11-15,17H,7H2,1-2H3/t9-,11+,12+,13+,14+,15-,17-/m0/s1. The van der Waals surface area contributed by atoms with Crippen molar-refractivity contribution in [2.24, 2.45) is 23.7 Å². The number of fused-ring (bicyclic) bond motifs is 1. The fraction of sp³-hybridized carbons (Fsp3) is 0.526. The highest BCUT2D eigenvalue weighted by molar-refractivity contribution is 9.09. The minimum absolute atomic E-state index is 0.0131. The molecule has 132 valence electrons. The van der Waals surface area contributed by atoms with Crippen molar-refractivity contribution >= 4 is 33.7 Å². The van der Waals surface area contributed by atoms with Gasteiger partial charge in [0.05, 0.1) is 16.7 Å². The molecule has 2 aliphatic carbocycles. The number of carbonyl (C=O) groups is 3. The molecule has 3 aliphatic rings. The van der Waals surface area contributed by atoms with Crippen molar-refractivity contribution in [2.75, 3.05) is 0 Å². The number of Topliss-reactive ketones (excluding diaryl/α,β-unsaturated/α-hetero) is 1. The summed E-state index contributed by atoms with van der Waals surface area (Å²) in [4.78, 5) is 37.3. The van der Waals surface area contributed by atoms with Crippen LogP contribution in [0.3, 0.4) is 0 Å². The van der Waals surface area contributed by atoms with Gasteiger partial charge in [-0.1, -0.05) is 45.8 Å². The van der Waals surface area contributed by atoms with Crippen LogP contribution in [0.15, 0.2) is 24.3 Å². The Kier molecular flexibility index (Phi) is 3.98. The quantitative estimate of drug-likeness (QED) is 0.436. The van der Waals surface area contributed by atoms with Crippen LogP contribution in [0, 0.1) is 30.6 Å². The molecular weight excluding hydrogens is 388 g/mol. The average Bonchev–Trinajstić information content (AvgIpc) is 3.19. The van der Waals surface area contributed by atoms with E-state index in [0.717, 1.165) is 12.0 Å². The molecule has 5 nitrogen and oxygen atoms in total. The van der Waals surface area contributed by atoms with E-state index in [1.54, 1.807) is 19.1 Å². The summed E-state index contributed by atoms with van der Waals surface area (Å²) in [5, 5.41) is 0. The number of carbonyl (C=O) groups excluding carboxylic acids is 3. The van der Waals surface area contributed by atoms with Crippen molar-refractivity contribution in [2.45, 2.75) is 37.3 Å². The van der Waals surface area contributed by atoms with Crippen LogP contribution in [0.1, 0.15) is 29.3 Å². The van der Waals surface area contributed by atoms with Crippen LogP contribution >= 0.6 is 15.9 Å². The number of alkyl halides is 1. The smallest absolute Gasteiger partial charge is 0.310 e. The molecule has 0 N–H and O–H groups in total. The van der Waals surface area contributed by atoms with Crippen LogP contribution in [0.25, 0.3) is 0 Å². The largest absolute Gasteiger partial charge is 0.461 e. The molecule has 4 rings (SSSR count). The highest BCUT2D eigenvalue weighted by Gasteiger charge is 2.68. The Labute approximate surface area is 154 Å². The van der Waals surface area contributed by atoms with E-state index in [0.29, 0.717) is 5.56 Å². The highest BCUT2D eigenvalue weighted by atomic mass is 79.9. The van der Waals surface area contributed by atoms with E-state index in [9.17, 15) is 14.4 Å². The van der Waals surface area contributed by atoms with Gasteiger partial charge in [0.25, 0.3) is 0 Å². The van der Waals surface area contributed by atoms with E-state index in [1.807, 2.05) is 19.1 Å². The molecule has 0 aromatic heterocycles. The van der Waals surface area contributed by atoms with Gasteiger partial charge in [-0.2, -0.15) is 0 Å². The molecule has 2 saturated carbocycles. The molecule has 0 radical (unpaired) electrons. The Morgan fingerprint density at radius 3 is 2.60 bits per heavy atom. The molecular formula is C19H19BrO5. The summed E-state index contributed by atoms with van der Waals surface area (Å²) in [5.74, 6) is -1.83. The molecule has 1 saturated heterocycles. The Bertz CT molecular complexity index is 743. The Morgan fingerprint density at radius 2 is 1.92 bits per heavy atom. The second-order valence-electron chi connectivity index (χ2n) is 7.27. The summed E-state index contributed by atoms with van der Waals surface area (Å²) in [7, 11) is 0. The molecule has 1 aromatic carbocycles. The van der Waals surface area contributed by atoms with Crippen molar-refractivity contribution in [3.8, 4) is 0 Å². The molecule has 2 bridgehead atoms. The van der Waals surface area contributed by atoms with E-state index >= 15 is 0 Å². The summed E-state index contributed by atoms with van der Waals surface area (Å²) in [5.41, 5.74) is 1.57. The van der Waals surface area contributed by atoms with Crippen LogP contribution in [0.5, 0.6) is 0 Å². The van der Waals surface area contributed by atoms with Gasteiger partial charge in [0.2, 0.25) is 5.78 Å². The van der Waals surface area contributed by atoms with Gasteiger partial charge in [0, 0.05) is 11.5 Å². The van der Waals surface area contributed by atoms with Crippen molar-refractivity contribution in [1.82, 2.24) is 0 Å². The second kappa shape index (κ2) is 5.94. The lowest BCUT2D eigenvalue weighted by atomic mass is 9.80. The molecule has 7 atom stereocenters. The topological polar surface area (TPSA) is 69.7 Å². The SMILES string of the molecule is Cc1ccc(C(=O)[C@H](C)OC(=O)[C@@H]2[C@H]3C[C@H]4[C@H](OC(=O)[C@H]42)[C@H]3Br)cc1. The molecule has 1 aliphatic heterocycles. The number of ether oxygens (including phenoxy) is 2. The average molecular weight is 407 g/mol. The third-order valence-electron chi connectivity index (χ3n) is 5.79. The fourth-order valence-electron chi connectivity index (χ4n) is 4.55. The minimum atomic E-state index is -0.878. The third kappa shape index (κ3) is 2.53. The summed E-state index contributed by atoms with van der Waals surface area (Å²) in [6.45, 7) is 3.52. The van der Waals surface area contributed by atoms with E-state index in [2.05, 4.69) is 15.9 Å². The Balaban J connectivity index is 1.48. The van der Waals surface area contributed by atoms with Crippen LogP contribution in [-0.4, -0.2) is 34.8 Å². The fourth-order valence-corrected chi connectivity index (χ4v) is 5.60. The predicted molar refractivity (Wildman–Crippen MR) is 92.2 cm³/mol. The normalized spacial score (nSPS) is 36.2. The first-order valence-corrected chi connectivity index (χ1v) is 9.46. The van der Waals surface area contributed by atoms with Crippen molar-refractivity contribution in [3.63, 3.8) is 0 Å². The first-order valence-electron chi connectivity index (χ1n) is 8.54. The third-order valence-corrected chi connectivity index (χ3v) is 6.99. The van der Waals surface area contributed by atoms with Crippen molar-refractivity contribution in [3.05, 3.63) is 35.4 Å². The summed E-state index contributed by atoms with van der Waals surface area (Å²) >= 11 is 3.57. The number of benzene rings is 1. The number of esters is 2. The van der Waals surface area contributed by atoms with Gasteiger partial charge in [-0.15, -0.1) is 0 Å². The molecule has 1 heterocycles. The first-order chi connectivity index (χ1) is 11.9. The van der Waals surface area contributed by atoms with Gasteiger partial charge < -0.3 is 9.47 Å². The highest BCUT2D eigenvalue weighted by Crippen LogP contribution is 2.60. The molecule has 3 fully saturated rings. The molecule has 1 aromatic rings. The first kappa shape index (κ1) is 16.8. The van der Waals surface area contributed by atoms with Crippen LogP contribution in [0.4, 0.5) is 0 Å². The zero-order chi connectivity index (χ0) is 17.9. The van der Waals surface area contributed by atoms with Gasteiger partial charge in [0.1, 0.15) is 6.10 Å². The number of hydrogen-bond acceptors (Lipinski definition) is 5. The van der Waals surface area contributed by atoms with Gasteiger partial charge in [-0.25, -0.2) is 0 Å². The van der Waals surface area contributed by atoms with Crippen molar-refractivity contribution < 1.29 is 23.9 Å². The second-order valence-corrected chi connectivity index (χ2v) is 8.33. The maximum absolute atomic E-state index is 12.7. The Hall–Kier alpha value is -1.69. The monoisotopic (exact) mass is 406 g/mol. The molecule has 0 amide bonds. The lowest BCUT2D eigenvalue weighted by Crippen LogP contribution is -2.40. The van der Waals surface area contributed by atoms with Crippen LogP contribution < -0.4 is 0 Å². The van der Waals surface area contributed by atoms with E-state index in [-0.39, 0.29) is 34.5 Å². The van der Waals surface area contributed by atoms with Gasteiger partial charge >= 0.3 is 11.9 Å². The lowest BCUT2D eigenvalue weighted by molar-refractivity contribution is -0.157. The van der Waals surface area contributed by atoms with Gasteiger partial charge in [0.15, 0.2) is 6.10 Å². The molecule has 6 heteroatoms. The zero-order valence-corrected chi connectivity index (χ0v) is 15.6. The number of halogens is 1. The van der Waals surface area contributed by atoms with E-state index in [1.165, 1.54) is 0 Å². The maximum Gasteiger partial charge on any atom is 0.310 e. The van der Waals surface area contributed by atoms with Crippen LogP contribution in [0.2, 0.25) is 0 Å². The van der Waals surface area contributed by atoms with Gasteiger partial charge in [-0.05, 0) is 26.2 Å². The number of aryl methyl sites for hydroxylation is 1. The maximum atomic E-state index is 12.7. The minimum Gasteiger partial charge on any atom is -0.461 e. The van der Waals surface area contributed by atoms with Gasteiger partial charge in [-0.3, -0.25) is 14.4 Å². The van der Waals surface area contributed by atoms with Crippen LogP contribution in [-0.2, 0) is 19.1 Å². The molecule has 25 heavy (non-hydrogen) atoms. The zero-order valence-electron chi connectivity index (χ0n) is 14.0. The number of ketones is 1.